The summed E-state index contributed by atoms with van der Waals surface area (Å²) >= 11 is 1.35. The highest BCUT2D eigenvalue weighted by atomic mass is 32.1. The van der Waals surface area contributed by atoms with Gasteiger partial charge in [0, 0.05) is 28.4 Å². The Morgan fingerprint density at radius 3 is 2.49 bits per heavy atom. The van der Waals surface area contributed by atoms with Crippen LogP contribution in [0.4, 0.5) is 5.69 Å². The summed E-state index contributed by atoms with van der Waals surface area (Å²) in [5.41, 5.74) is 5.59. The number of hydrogen-bond acceptors (Lipinski definition) is 4. The zero-order chi connectivity index (χ0) is 27.1. The van der Waals surface area contributed by atoms with E-state index in [2.05, 4.69) is 36.3 Å². The Kier molecular flexibility index (Phi) is 6.37. The Bertz CT molecular complexity index is 1910. The van der Waals surface area contributed by atoms with Crippen molar-refractivity contribution in [2.24, 2.45) is 4.99 Å². The Hall–Kier alpha value is -4.49. The van der Waals surface area contributed by atoms with Crippen LogP contribution in [0.3, 0.4) is 0 Å². The number of H-pyrrole nitrogens is 1. The molecule has 0 aliphatic carbocycles. The molecule has 1 amide bonds. The molecule has 0 fully saturated rings. The Morgan fingerprint density at radius 2 is 1.74 bits per heavy atom. The van der Waals surface area contributed by atoms with Crippen molar-refractivity contribution >= 4 is 39.9 Å². The van der Waals surface area contributed by atoms with Gasteiger partial charge in [-0.05, 0) is 48.2 Å². The van der Waals surface area contributed by atoms with E-state index in [1.54, 1.807) is 4.57 Å². The van der Waals surface area contributed by atoms with Crippen LogP contribution in [0.2, 0.25) is 0 Å². The van der Waals surface area contributed by atoms with Gasteiger partial charge in [-0.2, -0.15) is 0 Å². The fourth-order valence-electron chi connectivity index (χ4n) is 5.06. The molecule has 0 spiro atoms. The number of para-hydroxylation sites is 2. The number of fused-ring (bicyclic) bond motifs is 2. The van der Waals surface area contributed by atoms with Crippen LogP contribution in [-0.4, -0.2) is 15.5 Å². The summed E-state index contributed by atoms with van der Waals surface area (Å²) in [5, 5.41) is 4.05. The summed E-state index contributed by atoms with van der Waals surface area (Å²) in [6, 6.07) is 24.9. The molecule has 0 bridgehead atoms. The molecular weight excluding hydrogens is 504 g/mol. The summed E-state index contributed by atoms with van der Waals surface area (Å²) in [4.78, 5) is 36.3. The van der Waals surface area contributed by atoms with Gasteiger partial charge in [0.25, 0.3) is 11.5 Å². The predicted molar refractivity (Wildman–Crippen MR) is 158 cm³/mol. The van der Waals surface area contributed by atoms with Gasteiger partial charge in [0.05, 0.1) is 21.8 Å². The minimum absolute atomic E-state index is 0.167. The van der Waals surface area contributed by atoms with Crippen molar-refractivity contribution in [2.75, 3.05) is 5.32 Å². The van der Waals surface area contributed by atoms with Crippen LogP contribution < -0.4 is 20.2 Å². The van der Waals surface area contributed by atoms with Gasteiger partial charge < -0.3 is 10.3 Å². The van der Waals surface area contributed by atoms with Crippen molar-refractivity contribution in [1.82, 2.24) is 9.55 Å². The average molecular weight is 533 g/mol. The molecule has 1 aliphatic rings. The SMILES string of the molecule is CC1=C(C(=O)Nc2ccccc2)C(c2ccc(C(C)C)cc2)n2c(s/c(=C/c3c[nH]c4ccccc34)c2=O)=N1. The zero-order valence-corrected chi connectivity index (χ0v) is 22.8. The highest BCUT2D eigenvalue weighted by Crippen LogP contribution is 2.31. The molecule has 194 valence electrons. The molecular formula is C32H28N4O2S. The molecule has 0 saturated carbocycles. The van der Waals surface area contributed by atoms with Gasteiger partial charge in [0.2, 0.25) is 0 Å². The van der Waals surface area contributed by atoms with Gasteiger partial charge >= 0.3 is 0 Å². The number of aromatic nitrogens is 2. The Labute approximate surface area is 229 Å². The lowest BCUT2D eigenvalue weighted by Crippen LogP contribution is -2.40. The molecule has 0 saturated heterocycles. The van der Waals surface area contributed by atoms with E-state index in [1.807, 2.05) is 85.9 Å². The number of carbonyl (C=O) groups excluding carboxylic acids is 1. The largest absolute Gasteiger partial charge is 0.361 e. The van der Waals surface area contributed by atoms with Crippen LogP contribution in [0.25, 0.3) is 17.0 Å². The van der Waals surface area contributed by atoms with E-state index < -0.39 is 6.04 Å². The highest BCUT2D eigenvalue weighted by Gasteiger charge is 2.32. The molecule has 6 rings (SSSR count). The van der Waals surface area contributed by atoms with E-state index in [0.29, 0.717) is 32.2 Å². The number of carbonyl (C=O) groups is 1. The quantitative estimate of drug-likeness (QED) is 0.314. The third kappa shape index (κ3) is 4.55. The second kappa shape index (κ2) is 10.0. The van der Waals surface area contributed by atoms with E-state index in [1.165, 1.54) is 16.9 Å². The number of amides is 1. The third-order valence-corrected chi connectivity index (χ3v) is 8.11. The van der Waals surface area contributed by atoms with Crippen molar-refractivity contribution < 1.29 is 4.79 Å². The molecule has 3 heterocycles. The van der Waals surface area contributed by atoms with Crippen molar-refractivity contribution in [2.45, 2.75) is 32.7 Å². The average Bonchev–Trinajstić information content (AvgIpc) is 3.49. The molecule has 1 unspecified atom stereocenters. The summed E-state index contributed by atoms with van der Waals surface area (Å²) in [6.07, 6.45) is 3.82. The van der Waals surface area contributed by atoms with Crippen LogP contribution in [-0.2, 0) is 4.79 Å². The predicted octanol–water partition coefficient (Wildman–Crippen LogP) is 5.48. The standard InChI is InChI=1S/C32H28N4O2S/c1-19(2)21-13-15-22(16-14-21)29-28(30(37)35-24-9-5-4-6-10-24)20(3)34-32-36(29)31(38)27(39-32)17-23-18-33-26-12-8-7-11-25(23)26/h4-19,29,33H,1-3H3,(H,35,37)/b27-17+. The number of hydrogen-bond donors (Lipinski definition) is 2. The first-order chi connectivity index (χ1) is 18.9. The maximum absolute atomic E-state index is 14.0. The summed E-state index contributed by atoms with van der Waals surface area (Å²) in [7, 11) is 0. The van der Waals surface area contributed by atoms with Crippen LogP contribution in [0, 0.1) is 0 Å². The Balaban J connectivity index is 1.52. The van der Waals surface area contributed by atoms with Crippen LogP contribution in [0.15, 0.2) is 106 Å². The van der Waals surface area contributed by atoms with E-state index >= 15 is 0 Å². The van der Waals surface area contributed by atoms with Gasteiger partial charge in [0.15, 0.2) is 4.80 Å². The fourth-order valence-corrected chi connectivity index (χ4v) is 6.10. The molecule has 7 heteroatoms. The monoisotopic (exact) mass is 532 g/mol. The van der Waals surface area contributed by atoms with Crippen molar-refractivity contribution in [3.8, 4) is 0 Å². The molecule has 0 radical (unpaired) electrons. The summed E-state index contributed by atoms with van der Waals surface area (Å²) in [6.45, 7) is 6.13. The first-order valence-electron chi connectivity index (χ1n) is 13.0. The normalized spacial score (nSPS) is 15.5. The third-order valence-electron chi connectivity index (χ3n) is 7.12. The van der Waals surface area contributed by atoms with Crippen LogP contribution in [0.5, 0.6) is 0 Å². The fraction of sp³-hybridized carbons (Fsp3) is 0.156. The van der Waals surface area contributed by atoms with Gasteiger partial charge in [-0.3, -0.25) is 14.2 Å². The lowest BCUT2D eigenvalue weighted by Gasteiger charge is -2.25. The molecule has 39 heavy (non-hydrogen) atoms. The minimum atomic E-state index is -0.601. The highest BCUT2D eigenvalue weighted by molar-refractivity contribution is 7.07. The smallest absolute Gasteiger partial charge is 0.271 e. The number of aromatic amines is 1. The van der Waals surface area contributed by atoms with Crippen molar-refractivity contribution in [3.63, 3.8) is 0 Å². The van der Waals surface area contributed by atoms with Gasteiger partial charge in [0.1, 0.15) is 0 Å². The number of benzene rings is 3. The van der Waals surface area contributed by atoms with Crippen LogP contribution in [0.1, 0.15) is 49.4 Å². The topological polar surface area (TPSA) is 79.2 Å². The maximum Gasteiger partial charge on any atom is 0.271 e. The lowest BCUT2D eigenvalue weighted by molar-refractivity contribution is -0.113. The van der Waals surface area contributed by atoms with E-state index in [9.17, 15) is 9.59 Å². The van der Waals surface area contributed by atoms with E-state index in [-0.39, 0.29) is 11.5 Å². The number of nitrogens with zero attached hydrogens (tertiary/aromatic N) is 2. The van der Waals surface area contributed by atoms with Gasteiger partial charge in [-0.15, -0.1) is 0 Å². The second-order valence-electron chi connectivity index (χ2n) is 10.0. The zero-order valence-electron chi connectivity index (χ0n) is 21.9. The molecule has 2 aromatic heterocycles. The van der Waals surface area contributed by atoms with E-state index in [0.717, 1.165) is 22.0 Å². The number of rotatable bonds is 5. The number of anilines is 1. The molecule has 5 aromatic rings. The van der Waals surface area contributed by atoms with Crippen molar-refractivity contribution in [1.29, 1.82) is 0 Å². The molecule has 2 N–H and O–H groups in total. The van der Waals surface area contributed by atoms with Crippen molar-refractivity contribution in [3.05, 3.63) is 133 Å². The van der Waals surface area contributed by atoms with Gasteiger partial charge in [-0.25, -0.2) is 4.99 Å². The number of thiazole rings is 1. The Morgan fingerprint density at radius 1 is 1.03 bits per heavy atom. The maximum atomic E-state index is 14.0. The van der Waals surface area contributed by atoms with Crippen LogP contribution >= 0.6 is 11.3 Å². The van der Waals surface area contributed by atoms with Gasteiger partial charge in [-0.1, -0.05) is 85.8 Å². The first kappa shape index (κ1) is 24.8. The molecule has 6 nitrogen and oxygen atoms in total. The minimum Gasteiger partial charge on any atom is -0.361 e. The van der Waals surface area contributed by atoms with E-state index in [4.69, 9.17) is 4.99 Å². The summed E-state index contributed by atoms with van der Waals surface area (Å²) < 4.78 is 2.24. The first-order valence-corrected chi connectivity index (χ1v) is 13.8. The number of allylic oxidation sites excluding steroid dienone is 1. The molecule has 3 aromatic carbocycles. The number of nitrogens with one attached hydrogen (secondary N) is 2. The second-order valence-corrected chi connectivity index (χ2v) is 11.0. The lowest BCUT2D eigenvalue weighted by atomic mass is 9.93. The molecule has 1 atom stereocenters. The molecule has 1 aliphatic heterocycles. The summed E-state index contributed by atoms with van der Waals surface area (Å²) in [5.74, 6) is 0.0987.